The number of rotatable bonds is 3. The molecule has 1 heterocycles. The van der Waals surface area contributed by atoms with Crippen molar-refractivity contribution in [2.24, 2.45) is 0 Å². The Kier molecular flexibility index (Phi) is 5.32. The van der Waals surface area contributed by atoms with Crippen LogP contribution in [-0.4, -0.2) is 34.0 Å². The first-order chi connectivity index (χ1) is 12.6. The van der Waals surface area contributed by atoms with Gasteiger partial charge in [0.1, 0.15) is 0 Å². The van der Waals surface area contributed by atoms with E-state index in [-0.39, 0.29) is 27.9 Å². The molecule has 0 saturated heterocycles. The number of hydrogen-bond acceptors (Lipinski definition) is 4. The van der Waals surface area contributed by atoms with E-state index in [9.17, 15) is 29.4 Å². The second-order valence-corrected chi connectivity index (χ2v) is 8.50. The number of hydrogen-bond donors (Lipinski definition) is 2. The van der Waals surface area contributed by atoms with E-state index in [4.69, 9.17) is 0 Å². The second-order valence-electron chi connectivity index (χ2n) is 5.33. The van der Waals surface area contributed by atoms with Crippen molar-refractivity contribution in [1.29, 1.82) is 0 Å². The molecule has 0 saturated carbocycles. The fourth-order valence-electron chi connectivity index (χ4n) is 2.57. The van der Waals surface area contributed by atoms with Crippen LogP contribution in [0.2, 0.25) is 0 Å². The lowest BCUT2D eigenvalue weighted by Crippen LogP contribution is -2.30. The average Bonchev–Trinajstić information content (AvgIpc) is 2.88. The molecule has 0 bridgehead atoms. The molecule has 1 aliphatic heterocycles. The molecule has 0 atom stereocenters. The van der Waals surface area contributed by atoms with Gasteiger partial charge in [0.25, 0.3) is 11.8 Å². The van der Waals surface area contributed by atoms with Crippen molar-refractivity contribution in [3.05, 3.63) is 58.3 Å². The van der Waals surface area contributed by atoms with Crippen LogP contribution >= 0.6 is 63.7 Å². The third-order valence-corrected chi connectivity index (χ3v) is 8.54. The molecule has 0 aliphatic carbocycles. The lowest BCUT2D eigenvalue weighted by molar-refractivity contribution is 0.0695. The monoisotopic (exact) mass is 623 g/mol. The molecule has 11 heteroatoms. The molecular weight excluding hydrogens is 622 g/mol. The van der Waals surface area contributed by atoms with Gasteiger partial charge < -0.3 is 10.2 Å². The Morgan fingerprint density at radius 2 is 1.07 bits per heavy atom. The fourth-order valence-corrected chi connectivity index (χ4v) is 5.03. The van der Waals surface area contributed by atoms with E-state index in [0.717, 1.165) is 23.1 Å². The van der Waals surface area contributed by atoms with E-state index >= 15 is 0 Å². The minimum Gasteiger partial charge on any atom is -0.478 e. The predicted molar refractivity (Wildman–Crippen MR) is 109 cm³/mol. The van der Waals surface area contributed by atoms with Gasteiger partial charge in [-0.15, -0.1) is 0 Å². The molecule has 0 unspecified atom stereocenters. The number of nitrogens with zero attached hydrogens (tertiary/aromatic N) is 1. The summed E-state index contributed by atoms with van der Waals surface area (Å²) in [5, 5.41) is 18.4. The van der Waals surface area contributed by atoms with E-state index in [2.05, 4.69) is 63.7 Å². The van der Waals surface area contributed by atoms with Crippen LogP contribution in [0.25, 0.3) is 0 Å². The molecule has 2 amide bonds. The molecule has 0 aromatic heterocycles. The highest BCUT2D eigenvalue weighted by Crippen LogP contribution is 2.46. The Hall–Kier alpha value is -1.56. The summed E-state index contributed by atoms with van der Waals surface area (Å²) < 4.78 is 1.67. The lowest BCUT2D eigenvalue weighted by atomic mass is 10.1. The summed E-state index contributed by atoms with van der Waals surface area (Å²) >= 11 is 13.2. The van der Waals surface area contributed by atoms with Gasteiger partial charge in [-0.1, -0.05) is 0 Å². The van der Waals surface area contributed by atoms with Gasteiger partial charge in [0.05, 0.1) is 27.9 Å². The zero-order chi connectivity index (χ0) is 20.2. The summed E-state index contributed by atoms with van der Waals surface area (Å²) in [4.78, 5) is 49.2. The summed E-state index contributed by atoms with van der Waals surface area (Å²) in [6.45, 7) is 0. The lowest BCUT2D eigenvalue weighted by Gasteiger charge is -2.15. The molecular formula is C16H5Br4NO6. The number of aromatic carboxylic acids is 2. The molecule has 2 N–H and O–H groups in total. The number of carboxylic acids is 2. The maximum atomic E-state index is 12.9. The fraction of sp³-hybridized carbons (Fsp3) is 0. The van der Waals surface area contributed by atoms with Crippen LogP contribution in [0.15, 0.2) is 36.1 Å². The number of anilines is 1. The summed E-state index contributed by atoms with van der Waals surface area (Å²) in [6.07, 6.45) is 0. The Labute approximate surface area is 184 Å². The van der Waals surface area contributed by atoms with Gasteiger partial charge in [-0.25, -0.2) is 14.5 Å². The van der Waals surface area contributed by atoms with Crippen molar-refractivity contribution >= 4 is 93.2 Å². The highest BCUT2D eigenvalue weighted by molar-refractivity contribution is 9.15. The van der Waals surface area contributed by atoms with Crippen molar-refractivity contribution in [2.45, 2.75) is 0 Å². The van der Waals surface area contributed by atoms with Gasteiger partial charge in [-0.3, -0.25) is 9.59 Å². The predicted octanol–water partition coefficient (Wildman–Crippen LogP) is 4.93. The van der Waals surface area contributed by atoms with Crippen LogP contribution in [0.3, 0.4) is 0 Å². The SMILES string of the molecule is O=C(O)c1cc(C(=O)O)cc(N2C(=O)c3c(Br)c(Br)c(Br)c(Br)c3C2=O)c1. The zero-order valence-corrected chi connectivity index (χ0v) is 19.1. The Balaban J connectivity index is 2.26. The van der Waals surface area contributed by atoms with E-state index in [1.54, 1.807) is 0 Å². The first-order valence-electron chi connectivity index (χ1n) is 6.92. The van der Waals surface area contributed by atoms with Gasteiger partial charge in [-0.05, 0) is 81.9 Å². The molecule has 0 fully saturated rings. The number of imide groups is 1. The summed E-state index contributed by atoms with van der Waals surface area (Å²) in [5.41, 5.74) is -0.729. The minimum atomic E-state index is -1.39. The van der Waals surface area contributed by atoms with E-state index in [1.165, 1.54) is 0 Å². The smallest absolute Gasteiger partial charge is 0.335 e. The standard InChI is InChI=1S/C16H5Br4NO6/c17-9-7-8(10(18)12(20)11(9)19)14(23)21(13(7)22)6-2-4(15(24)25)1-5(3-6)16(26)27/h1-3H,(H,24,25)(H,26,27). The van der Waals surface area contributed by atoms with E-state index in [1.807, 2.05) is 0 Å². The van der Waals surface area contributed by atoms with Crippen molar-refractivity contribution in [3.8, 4) is 0 Å². The summed E-state index contributed by atoms with van der Waals surface area (Å²) in [7, 11) is 0. The zero-order valence-electron chi connectivity index (χ0n) is 12.7. The number of carbonyl (C=O) groups is 4. The van der Waals surface area contributed by atoms with Crippen molar-refractivity contribution < 1.29 is 29.4 Å². The molecule has 3 rings (SSSR count). The number of carbonyl (C=O) groups excluding carboxylic acids is 2. The molecule has 2 aromatic carbocycles. The van der Waals surface area contributed by atoms with E-state index in [0.29, 0.717) is 17.9 Å². The summed E-state index contributed by atoms with van der Waals surface area (Å²) in [6, 6.07) is 3.09. The molecule has 2 aromatic rings. The number of benzene rings is 2. The largest absolute Gasteiger partial charge is 0.478 e. The topological polar surface area (TPSA) is 112 Å². The Morgan fingerprint density at radius 3 is 1.41 bits per heavy atom. The number of fused-ring (bicyclic) bond motifs is 1. The first kappa shape index (κ1) is 20.2. The molecule has 27 heavy (non-hydrogen) atoms. The van der Waals surface area contributed by atoms with Crippen LogP contribution in [-0.2, 0) is 0 Å². The van der Waals surface area contributed by atoms with Crippen LogP contribution < -0.4 is 4.90 Å². The third kappa shape index (κ3) is 3.16. The van der Waals surface area contributed by atoms with Crippen LogP contribution in [0.1, 0.15) is 41.4 Å². The van der Waals surface area contributed by atoms with Gasteiger partial charge in [0.15, 0.2) is 0 Å². The Bertz CT molecular complexity index is 1000. The molecule has 1 aliphatic rings. The van der Waals surface area contributed by atoms with Crippen molar-refractivity contribution in [1.82, 2.24) is 0 Å². The van der Waals surface area contributed by atoms with E-state index < -0.39 is 23.8 Å². The molecule has 138 valence electrons. The van der Waals surface area contributed by atoms with Crippen molar-refractivity contribution in [3.63, 3.8) is 0 Å². The minimum absolute atomic E-state index is 0.0690. The number of carboxylic acid groups (broad SMARTS) is 2. The van der Waals surface area contributed by atoms with Crippen molar-refractivity contribution in [2.75, 3.05) is 4.90 Å². The third-order valence-electron chi connectivity index (χ3n) is 3.77. The molecule has 0 spiro atoms. The van der Waals surface area contributed by atoms with Crippen LogP contribution in [0.5, 0.6) is 0 Å². The van der Waals surface area contributed by atoms with Gasteiger partial charge >= 0.3 is 11.9 Å². The highest BCUT2D eigenvalue weighted by atomic mass is 79.9. The number of halogens is 4. The first-order valence-corrected chi connectivity index (χ1v) is 10.1. The quantitative estimate of drug-likeness (QED) is 0.284. The average molecular weight is 627 g/mol. The highest BCUT2D eigenvalue weighted by Gasteiger charge is 2.42. The van der Waals surface area contributed by atoms with Gasteiger partial charge in [0, 0.05) is 17.9 Å². The molecule has 0 radical (unpaired) electrons. The maximum Gasteiger partial charge on any atom is 0.335 e. The Morgan fingerprint density at radius 1 is 0.704 bits per heavy atom. The summed E-state index contributed by atoms with van der Waals surface area (Å²) in [5.74, 6) is -4.20. The van der Waals surface area contributed by atoms with Gasteiger partial charge in [0.2, 0.25) is 0 Å². The van der Waals surface area contributed by atoms with Crippen LogP contribution in [0, 0.1) is 0 Å². The van der Waals surface area contributed by atoms with Crippen LogP contribution in [0.4, 0.5) is 5.69 Å². The second kappa shape index (κ2) is 7.12. The maximum absolute atomic E-state index is 12.9. The normalized spacial score (nSPS) is 13.1. The number of amides is 2. The van der Waals surface area contributed by atoms with Gasteiger partial charge in [-0.2, -0.15) is 0 Å². The molecule has 7 nitrogen and oxygen atoms in total.